The van der Waals surface area contributed by atoms with Crippen LogP contribution < -0.4 is 24.8 Å². The Labute approximate surface area is 145 Å². The van der Waals surface area contributed by atoms with Crippen molar-refractivity contribution in [1.82, 2.24) is 4.98 Å². The molecule has 3 rings (SSSR count). The summed E-state index contributed by atoms with van der Waals surface area (Å²) >= 11 is 0. The van der Waals surface area contributed by atoms with Crippen LogP contribution in [-0.4, -0.2) is 17.5 Å². The van der Waals surface area contributed by atoms with E-state index in [1.54, 1.807) is 6.20 Å². The van der Waals surface area contributed by atoms with Gasteiger partial charge in [-0.05, 0) is 17.7 Å². The topological polar surface area (TPSA) is 34.5 Å². The molecule has 0 saturated carbocycles. The van der Waals surface area contributed by atoms with Gasteiger partial charge in [-0.3, -0.25) is 4.98 Å². The van der Waals surface area contributed by atoms with E-state index >= 15 is 0 Å². The van der Waals surface area contributed by atoms with Crippen molar-refractivity contribution in [3.8, 4) is 0 Å². The first-order valence-corrected chi connectivity index (χ1v) is 5.60. The summed E-state index contributed by atoms with van der Waals surface area (Å²) in [6, 6.07) is 16.0. The maximum absolute atomic E-state index is 5.59. The van der Waals surface area contributed by atoms with Crippen molar-refractivity contribution in [3.63, 3.8) is 0 Å². The number of hydrogen-bond donors (Lipinski definition) is 0. The second kappa shape index (κ2) is 9.12. The Balaban J connectivity index is 0.00000120. The van der Waals surface area contributed by atoms with Crippen molar-refractivity contribution in [3.05, 3.63) is 66.0 Å². The molecule has 1 aromatic heterocycles. The summed E-state index contributed by atoms with van der Waals surface area (Å²) in [6.45, 7) is 0.593. The van der Waals surface area contributed by atoms with Crippen LogP contribution in [-0.2, 0) is 25.8 Å². The van der Waals surface area contributed by atoms with Crippen molar-refractivity contribution >= 4 is 5.90 Å². The Bertz CT molecular complexity index is 537. The Hall–Kier alpha value is -0.892. The van der Waals surface area contributed by atoms with E-state index in [1.807, 2.05) is 36.4 Å². The molecular formula is C14H12Cl2N2OPt. The minimum absolute atomic E-state index is 0. The smallest absolute Gasteiger partial charge is 1.00 e. The number of halogens is 2. The van der Waals surface area contributed by atoms with Crippen LogP contribution in [0.4, 0.5) is 0 Å². The van der Waals surface area contributed by atoms with Gasteiger partial charge in [0.05, 0.1) is 0 Å². The molecule has 0 unspecified atom stereocenters. The quantitative estimate of drug-likeness (QED) is 0.441. The molecule has 1 aliphatic heterocycles. The first-order chi connectivity index (χ1) is 8.43. The standard InChI is InChI=1S/C14H12N2O.2ClH.Pt/c1-2-6-11(7-3-1)13-10-17-14(16-13)12-8-4-5-9-15-12;;;/h1-9,13H,10H2;2*1H;/q;;;+2/p-2/t13-;;;/m1.../s1. The number of ether oxygens (including phenoxy) is 1. The molecule has 0 saturated heterocycles. The zero-order valence-corrected chi connectivity index (χ0v) is 14.1. The largest absolute Gasteiger partial charge is 2.00 e. The SMILES string of the molecule is [Cl-].[Cl-].[Pt+2].c1ccc([C@H]2COC(c3ccccn3)=N2)cc1. The first-order valence-electron chi connectivity index (χ1n) is 5.60. The van der Waals surface area contributed by atoms with Gasteiger partial charge in [0, 0.05) is 6.20 Å². The number of aliphatic imine (C=N–C) groups is 1. The van der Waals surface area contributed by atoms with Crippen molar-refractivity contribution in [2.45, 2.75) is 6.04 Å². The minimum atomic E-state index is 0. The van der Waals surface area contributed by atoms with Crippen molar-refractivity contribution < 1.29 is 50.6 Å². The van der Waals surface area contributed by atoms with E-state index in [1.165, 1.54) is 5.56 Å². The molecule has 0 fully saturated rings. The van der Waals surface area contributed by atoms with E-state index in [0.29, 0.717) is 12.5 Å². The normalized spacial score (nSPS) is 15.8. The summed E-state index contributed by atoms with van der Waals surface area (Å²) in [7, 11) is 0. The van der Waals surface area contributed by atoms with E-state index in [9.17, 15) is 0 Å². The van der Waals surface area contributed by atoms with Crippen LogP contribution in [0.1, 0.15) is 17.3 Å². The second-order valence-electron chi connectivity index (χ2n) is 3.89. The van der Waals surface area contributed by atoms with Crippen molar-refractivity contribution in [2.24, 2.45) is 4.99 Å². The fourth-order valence-corrected chi connectivity index (χ4v) is 1.85. The molecule has 0 spiro atoms. The van der Waals surface area contributed by atoms with Crippen LogP contribution in [0.5, 0.6) is 0 Å². The third kappa shape index (κ3) is 4.31. The summed E-state index contributed by atoms with van der Waals surface area (Å²) in [5.74, 6) is 0.638. The van der Waals surface area contributed by atoms with Crippen LogP contribution >= 0.6 is 0 Å². The third-order valence-corrected chi connectivity index (χ3v) is 2.72. The second-order valence-corrected chi connectivity index (χ2v) is 3.89. The molecule has 1 atom stereocenters. The molecular weight excluding hydrogens is 478 g/mol. The molecule has 108 valence electrons. The molecule has 1 aliphatic rings. The summed E-state index contributed by atoms with van der Waals surface area (Å²) in [6.07, 6.45) is 1.75. The molecule has 6 heteroatoms. The number of hydrogen-bond acceptors (Lipinski definition) is 3. The molecule has 2 heterocycles. The average Bonchev–Trinajstić information content (AvgIpc) is 2.90. The van der Waals surface area contributed by atoms with Gasteiger partial charge in [0.25, 0.3) is 0 Å². The maximum atomic E-state index is 5.59. The molecule has 0 amide bonds. The predicted molar refractivity (Wildman–Crippen MR) is 65.9 cm³/mol. The summed E-state index contributed by atoms with van der Waals surface area (Å²) in [5.41, 5.74) is 1.98. The molecule has 3 nitrogen and oxygen atoms in total. The zero-order valence-electron chi connectivity index (χ0n) is 10.4. The van der Waals surface area contributed by atoms with E-state index < -0.39 is 0 Å². The van der Waals surface area contributed by atoms with E-state index in [-0.39, 0.29) is 51.9 Å². The van der Waals surface area contributed by atoms with Gasteiger partial charge in [-0.25, -0.2) is 4.99 Å². The fourth-order valence-electron chi connectivity index (χ4n) is 1.85. The van der Waals surface area contributed by atoms with Gasteiger partial charge in [0.1, 0.15) is 18.3 Å². The van der Waals surface area contributed by atoms with E-state index in [0.717, 1.165) is 5.69 Å². The number of nitrogens with zero attached hydrogens (tertiary/aromatic N) is 2. The van der Waals surface area contributed by atoms with Gasteiger partial charge in [-0.15, -0.1) is 0 Å². The van der Waals surface area contributed by atoms with Gasteiger partial charge in [-0.2, -0.15) is 0 Å². The number of benzene rings is 1. The van der Waals surface area contributed by atoms with Gasteiger partial charge in [-0.1, -0.05) is 36.4 Å². The zero-order chi connectivity index (χ0) is 11.5. The molecule has 0 N–H and O–H groups in total. The molecule has 20 heavy (non-hydrogen) atoms. The van der Waals surface area contributed by atoms with Gasteiger partial charge in [0.15, 0.2) is 0 Å². The van der Waals surface area contributed by atoms with E-state index in [2.05, 4.69) is 22.1 Å². The van der Waals surface area contributed by atoms with E-state index in [4.69, 9.17) is 4.74 Å². The third-order valence-electron chi connectivity index (χ3n) is 2.72. The number of pyridine rings is 1. The Morgan fingerprint density at radius 2 is 1.65 bits per heavy atom. The van der Waals surface area contributed by atoms with Gasteiger partial charge < -0.3 is 29.6 Å². The first kappa shape index (κ1) is 19.1. The van der Waals surface area contributed by atoms with Crippen LogP contribution in [0.25, 0.3) is 0 Å². The van der Waals surface area contributed by atoms with Gasteiger partial charge in [0.2, 0.25) is 5.90 Å². The summed E-state index contributed by atoms with van der Waals surface area (Å²) in [5, 5.41) is 0. The van der Waals surface area contributed by atoms with Crippen LogP contribution in [0.3, 0.4) is 0 Å². The molecule has 0 bridgehead atoms. The fraction of sp³-hybridized carbons (Fsp3) is 0.143. The van der Waals surface area contributed by atoms with Gasteiger partial charge >= 0.3 is 21.1 Å². The molecule has 0 aliphatic carbocycles. The average molecular weight is 490 g/mol. The summed E-state index contributed by atoms with van der Waals surface area (Å²) in [4.78, 5) is 8.79. The molecule has 2 aromatic rings. The van der Waals surface area contributed by atoms with Crippen molar-refractivity contribution in [1.29, 1.82) is 0 Å². The van der Waals surface area contributed by atoms with Crippen molar-refractivity contribution in [2.75, 3.05) is 6.61 Å². The number of rotatable bonds is 2. The predicted octanol–water partition coefficient (Wildman–Crippen LogP) is -3.39. The Kier molecular flexibility index (Phi) is 8.71. The number of aromatic nitrogens is 1. The van der Waals surface area contributed by atoms with Crippen LogP contribution in [0.15, 0.2) is 59.7 Å². The maximum Gasteiger partial charge on any atom is 2.00 e. The minimum Gasteiger partial charge on any atom is -1.00 e. The van der Waals surface area contributed by atoms with Crippen LogP contribution in [0, 0.1) is 0 Å². The summed E-state index contributed by atoms with van der Waals surface area (Å²) < 4.78 is 5.59. The molecule has 1 aromatic carbocycles. The Morgan fingerprint density at radius 3 is 2.30 bits per heavy atom. The monoisotopic (exact) mass is 489 g/mol. The molecule has 0 radical (unpaired) electrons. The van der Waals surface area contributed by atoms with Crippen LogP contribution in [0.2, 0.25) is 0 Å². The Morgan fingerprint density at radius 1 is 0.950 bits per heavy atom.